The van der Waals surface area contributed by atoms with Crippen molar-refractivity contribution >= 4 is 34.1 Å². The Hall–Kier alpha value is -3.16. The Bertz CT molecular complexity index is 1620. The SMILES string of the molecule is CC.CCCc1cc(Cl)cc2c1CC1c3cc4c(cc3C(=O)N1C2)[nH]c(=O)c1cnc(C2CCOCC2)n14. The maximum atomic E-state index is 13.6. The molecule has 38 heavy (non-hydrogen) atoms. The third-order valence-corrected chi connectivity index (χ3v) is 8.37. The maximum absolute atomic E-state index is 13.6. The van der Waals surface area contributed by atoms with Gasteiger partial charge in [0.15, 0.2) is 0 Å². The molecule has 1 saturated heterocycles. The Morgan fingerprint density at radius 1 is 1.11 bits per heavy atom. The fourth-order valence-corrected chi connectivity index (χ4v) is 6.72. The van der Waals surface area contributed by atoms with Gasteiger partial charge in [-0.05, 0) is 72.2 Å². The quantitative estimate of drug-likeness (QED) is 0.353. The monoisotopic (exact) mass is 532 g/mol. The molecule has 1 N–H and O–H groups in total. The van der Waals surface area contributed by atoms with E-state index in [2.05, 4.69) is 29.0 Å². The van der Waals surface area contributed by atoms with E-state index < -0.39 is 0 Å². The number of H-pyrrole nitrogens is 1. The van der Waals surface area contributed by atoms with Gasteiger partial charge >= 0.3 is 0 Å². The van der Waals surface area contributed by atoms with Crippen LogP contribution >= 0.6 is 11.6 Å². The van der Waals surface area contributed by atoms with Crippen molar-refractivity contribution in [3.8, 4) is 0 Å². The van der Waals surface area contributed by atoms with E-state index in [1.165, 1.54) is 11.1 Å². The van der Waals surface area contributed by atoms with Crippen LogP contribution in [-0.2, 0) is 24.1 Å². The van der Waals surface area contributed by atoms with Crippen LogP contribution in [0.5, 0.6) is 0 Å². The van der Waals surface area contributed by atoms with Crippen molar-refractivity contribution in [1.29, 1.82) is 0 Å². The molecule has 8 heteroatoms. The van der Waals surface area contributed by atoms with Gasteiger partial charge in [-0.1, -0.05) is 38.8 Å². The summed E-state index contributed by atoms with van der Waals surface area (Å²) in [4.78, 5) is 36.2. The van der Waals surface area contributed by atoms with Crippen molar-refractivity contribution in [3.63, 3.8) is 0 Å². The summed E-state index contributed by atoms with van der Waals surface area (Å²) in [5.74, 6) is 1.15. The summed E-state index contributed by atoms with van der Waals surface area (Å²) in [5, 5.41) is 0.728. The number of fused-ring (bicyclic) bond motifs is 7. The molecule has 4 aromatic rings. The first-order valence-corrected chi connectivity index (χ1v) is 14.2. The van der Waals surface area contributed by atoms with Crippen molar-refractivity contribution in [2.24, 2.45) is 0 Å². The molecule has 3 aliphatic heterocycles. The van der Waals surface area contributed by atoms with Gasteiger partial charge in [-0.3, -0.25) is 14.0 Å². The molecule has 0 saturated carbocycles. The molecule has 7 nitrogen and oxygen atoms in total. The van der Waals surface area contributed by atoms with Crippen molar-refractivity contribution < 1.29 is 9.53 Å². The van der Waals surface area contributed by atoms with Gasteiger partial charge < -0.3 is 14.6 Å². The van der Waals surface area contributed by atoms with Crippen molar-refractivity contribution in [2.75, 3.05) is 13.2 Å². The van der Waals surface area contributed by atoms with Crippen molar-refractivity contribution in [3.05, 3.63) is 79.5 Å². The fraction of sp³-hybridized carbons (Fsp3) is 0.433. The second kappa shape index (κ2) is 9.86. The topological polar surface area (TPSA) is 79.7 Å². The van der Waals surface area contributed by atoms with Crippen LogP contribution in [0, 0.1) is 0 Å². The molecule has 0 aliphatic carbocycles. The highest BCUT2D eigenvalue weighted by Gasteiger charge is 2.41. The van der Waals surface area contributed by atoms with Gasteiger partial charge in [-0.2, -0.15) is 0 Å². The second-order valence-corrected chi connectivity index (χ2v) is 10.7. The number of ether oxygens (including phenoxy) is 1. The number of rotatable bonds is 3. The number of aryl methyl sites for hydroxylation is 1. The van der Waals surface area contributed by atoms with Gasteiger partial charge in [-0.15, -0.1) is 0 Å². The van der Waals surface area contributed by atoms with Crippen LogP contribution in [0.1, 0.15) is 90.4 Å². The zero-order chi connectivity index (χ0) is 26.6. The van der Waals surface area contributed by atoms with Crippen molar-refractivity contribution in [1.82, 2.24) is 19.3 Å². The minimum Gasteiger partial charge on any atom is -0.381 e. The highest BCUT2D eigenvalue weighted by molar-refractivity contribution is 6.30. The molecular weight excluding hydrogens is 500 g/mol. The number of carbonyl (C=O) groups is 1. The molecule has 2 aromatic heterocycles. The van der Waals surface area contributed by atoms with Gasteiger partial charge in [0.05, 0.1) is 23.3 Å². The summed E-state index contributed by atoms with van der Waals surface area (Å²) in [6.45, 7) is 8.12. The van der Waals surface area contributed by atoms with Gasteiger partial charge in [0, 0.05) is 36.3 Å². The number of amides is 1. The van der Waals surface area contributed by atoms with E-state index >= 15 is 0 Å². The number of halogens is 1. The molecule has 3 aliphatic rings. The Morgan fingerprint density at radius 3 is 2.66 bits per heavy atom. The summed E-state index contributed by atoms with van der Waals surface area (Å²) < 4.78 is 7.57. The van der Waals surface area contributed by atoms with Gasteiger partial charge in [0.2, 0.25) is 0 Å². The fourth-order valence-electron chi connectivity index (χ4n) is 6.45. The number of hydrogen-bond donors (Lipinski definition) is 1. The zero-order valence-corrected chi connectivity index (χ0v) is 22.9. The number of imidazole rings is 1. The molecule has 1 atom stereocenters. The van der Waals surface area contributed by atoms with E-state index in [1.54, 1.807) is 6.20 Å². The smallest absolute Gasteiger partial charge is 0.274 e. The van der Waals surface area contributed by atoms with E-state index in [4.69, 9.17) is 16.3 Å². The van der Waals surface area contributed by atoms with E-state index in [9.17, 15) is 9.59 Å². The first kappa shape index (κ1) is 25.1. The van der Waals surface area contributed by atoms with Crippen LogP contribution in [0.15, 0.2) is 35.3 Å². The molecule has 1 fully saturated rings. The average Bonchev–Trinajstić information content (AvgIpc) is 3.49. The predicted octanol–water partition coefficient (Wildman–Crippen LogP) is 5.96. The van der Waals surface area contributed by atoms with Crippen LogP contribution in [-0.4, -0.2) is 38.4 Å². The van der Waals surface area contributed by atoms with Crippen LogP contribution < -0.4 is 5.56 Å². The number of nitrogens with one attached hydrogen (secondary N) is 1. The first-order valence-electron chi connectivity index (χ1n) is 13.8. The summed E-state index contributed by atoms with van der Waals surface area (Å²) in [6.07, 6.45) is 6.22. The highest BCUT2D eigenvalue weighted by Crippen LogP contribution is 2.44. The molecule has 0 radical (unpaired) electrons. The van der Waals surface area contributed by atoms with Crippen LogP contribution in [0.2, 0.25) is 5.02 Å². The third kappa shape index (κ3) is 3.86. The minimum absolute atomic E-state index is 0.01000. The number of aromatic nitrogens is 3. The van der Waals surface area contributed by atoms with Gasteiger partial charge in [0.25, 0.3) is 11.5 Å². The number of carbonyl (C=O) groups excluding carboxylic acids is 1. The number of aromatic amines is 1. The zero-order valence-electron chi connectivity index (χ0n) is 22.1. The van der Waals surface area contributed by atoms with E-state index in [1.807, 2.05) is 35.3 Å². The molecule has 7 rings (SSSR count). The molecule has 2 aromatic carbocycles. The van der Waals surface area contributed by atoms with Crippen LogP contribution in [0.4, 0.5) is 0 Å². The summed E-state index contributed by atoms with van der Waals surface area (Å²) in [7, 11) is 0. The molecule has 1 unspecified atom stereocenters. The summed E-state index contributed by atoms with van der Waals surface area (Å²) in [5.41, 5.74) is 7.35. The van der Waals surface area contributed by atoms with Gasteiger partial charge in [0.1, 0.15) is 11.3 Å². The second-order valence-electron chi connectivity index (χ2n) is 10.2. The normalized spacial score (nSPS) is 18.8. The van der Waals surface area contributed by atoms with E-state index in [-0.39, 0.29) is 23.4 Å². The standard InChI is InChI=1S/C28H27ClN4O3.C2H6/c1-2-3-16-8-18(29)9-17-14-32-23(11-19(16)17)20-12-24-22(10-21(20)28(32)35)31-27(34)25-13-30-26(33(24)25)15-4-6-36-7-5-15;1-2/h8-10,12-13,15,23H,2-7,11,14H2,1H3,(H,31,34);1-2H3. The number of benzene rings is 2. The largest absolute Gasteiger partial charge is 0.381 e. The molecule has 5 heterocycles. The Morgan fingerprint density at radius 2 is 1.89 bits per heavy atom. The Kier molecular flexibility index (Phi) is 6.52. The Labute approximate surface area is 226 Å². The van der Waals surface area contributed by atoms with E-state index in [0.29, 0.717) is 36.4 Å². The van der Waals surface area contributed by atoms with Gasteiger partial charge in [-0.25, -0.2) is 4.98 Å². The lowest BCUT2D eigenvalue weighted by Crippen LogP contribution is -2.33. The Balaban J connectivity index is 0.00000129. The van der Waals surface area contributed by atoms with Crippen molar-refractivity contribution in [2.45, 2.75) is 71.4 Å². The minimum atomic E-state index is -0.192. The van der Waals surface area contributed by atoms with Crippen LogP contribution in [0.25, 0.3) is 16.6 Å². The molecular formula is C30H33ClN4O3. The van der Waals surface area contributed by atoms with E-state index in [0.717, 1.165) is 59.6 Å². The maximum Gasteiger partial charge on any atom is 0.274 e. The summed E-state index contributed by atoms with van der Waals surface area (Å²) >= 11 is 6.44. The third-order valence-electron chi connectivity index (χ3n) is 8.15. The lowest BCUT2D eigenvalue weighted by Gasteiger charge is -2.33. The predicted molar refractivity (Wildman–Crippen MR) is 149 cm³/mol. The number of nitrogens with zero attached hydrogens (tertiary/aromatic N) is 3. The van der Waals surface area contributed by atoms with Crippen LogP contribution in [0.3, 0.4) is 0 Å². The summed E-state index contributed by atoms with van der Waals surface area (Å²) in [6, 6.07) is 8.03. The molecule has 198 valence electrons. The molecule has 0 bridgehead atoms. The molecule has 1 amide bonds. The first-order chi connectivity index (χ1) is 18.5. The average molecular weight is 533 g/mol. The number of hydrogen-bond acceptors (Lipinski definition) is 4. The lowest BCUT2D eigenvalue weighted by molar-refractivity contribution is 0.0692. The highest BCUT2D eigenvalue weighted by atomic mass is 35.5. The lowest BCUT2D eigenvalue weighted by atomic mass is 9.87. The molecule has 0 spiro atoms.